The molecule has 4 rings (SSSR count). The summed E-state index contributed by atoms with van der Waals surface area (Å²) in [6.07, 6.45) is 2.68. The van der Waals surface area contributed by atoms with Gasteiger partial charge >= 0.3 is 0 Å². The molecule has 0 spiro atoms. The Morgan fingerprint density at radius 1 is 1.03 bits per heavy atom. The van der Waals surface area contributed by atoms with E-state index in [1.165, 1.54) is 16.8 Å². The van der Waals surface area contributed by atoms with Gasteiger partial charge in [0.25, 0.3) is 0 Å². The summed E-state index contributed by atoms with van der Waals surface area (Å²) < 4.78 is 5.36. The molecule has 3 aromatic carbocycles. The minimum absolute atomic E-state index is 0.104. The third-order valence-corrected chi connectivity index (χ3v) is 7.81. The molecule has 3 aromatic rings. The maximum absolute atomic E-state index is 11.5. The average Bonchev–Trinajstić information content (AvgIpc) is 2.86. The molecule has 0 saturated carbocycles. The van der Waals surface area contributed by atoms with Crippen molar-refractivity contribution in [2.75, 3.05) is 38.2 Å². The lowest BCUT2D eigenvalue weighted by Crippen LogP contribution is -2.52. The van der Waals surface area contributed by atoms with Crippen LogP contribution in [-0.2, 0) is 0 Å². The van der Waals surface area contributed by atoms with Crippen LogP contribution in [0.2, 0.25) is 5.02 Å². The molecule has 4 nitrogen and oxygen atoms in total. The number of aliphatic hydroxyl groups is 1. The highest BCUT2D eigenvalue weighted by Gasteiger charge is 2.30. The molecule has 0 amide bonds. The van der Waals surface area contributed by atoms with Crippen LogP contribution in [0.15, 0.2) is 48.5 Å². The topological polar surface area (TPSA) is 35.9 Å². The van der Waals surface area contributed by atoms with E-state index in [1.54, 1.807) is 7.11 Å². The molecule has 34 heavy (non-hydrogen) atoms. The third-order valence-electron chi connectivity index (χ3n) is 7.42. The van der Waals surface area contributed by atoms with Crippen molar-refractivity contribution >= 4 is 28.1 Å². The molecule has 1 aliphatic rings. The third kappa shape index (κ3) is 5.05. The van der Waals surface area contributed by atoms with Crippen LogP contribution < -0.4 is 9.64 Å². The standard InChI is InChI=1S/C29H37ClN2O2/c1-5-6-9-26(32-17-15-31(16-18-32)25-10-7-8-20(2)21(25)3)29(33)23-11-13-24-22(19-23)12-14-27(34-4)28(24)30/h7-8,10-14,19,26,29,33H,5-6,9,15-18H2,1-4H3/t26-,29+/m1/s1. The predicted octanol–water partition coefficient (Wildman–Crippen LogP) is 6.53. The number of benzene rings is 3. The first kappa shape index (κ1) is 24.8. The molecular weight excluding hydrogens is 444 g/mol. The quantitative estimate of drug-likeness (QED) is 0.397. The fourth-order valence-corrected chi connectivity index (χ4v) is 5.49. The van der Waals surface area contributed by atoms with Gasteiger partial charge in [0, 0.05) is 43.3 Å². The molecule has 1 heterocycles. The first-order valence-electron chi connectivity index (χ1n) is 12.4. The number of piperazine rings is 1. The van der Waals surface area contributed by atoms with Gasteiger partial charge in [-0.2, -0.15) is 0 Å². The van der Waals surface area contributed by atoms with Gasteiger partial charge in [0.2, 0.25) is 0 Å². The molecule has 0 aliphatic carbocycles. The van der Waals surface area contributed by atoms with Gasteiger partial charge < -0.3 is 14.7 Å². The van der Waals surface area contributed by atoms with Crippen molar-refractivity contribution < 1.29 is 9.84 Å². The second-order valence-corrected chi connectivity index (χ2v) is 9.84. The summed E-state index contributed by atoms with van der Waals surface area (Å²) in [6, 6.07) is 16.7. The average molecular weight is 481 g/mol. The number of methoxy groups -OCH3 is 1. The van der Waals surface area contributed by atoms with Gasteiger partial charge in [-0.3, -0.25) is 4.90 Å². The van der Waals surface area contributed by atoms with Gasteiger partial charge in [0.1, 0.15) is 5.75 Å². The van der Waals surface area contributed by atoms with Gasteiger partial charge in [0.15, 0.2) is 0 Å². The van der Waals surface area contributed by atoms with Gasteiger partial charge in [-0.05, 0) is 60.5 Å². The Balaban J connectivity index is 1.53. The van der Waals surface area contributed by atoms with Crippen molar-refractivity contribution in [3.63, 3.8) is 0 Å². The number of halogens is 1. The number of rotatable bonds is 8. The minimum atomic E-state index is -0.538. The summed E-state index contributed by atoms with van der Waals surface area (Å²) in [5.41, 5.74) is 4.99. The van der Waals surface area contributed by atoms with E-state index in [9.17, 15) is 5.11 Å². The number of ether oxygens (including phenoxy) is 1. The Morgan fingerprint density at radius 3 is 2.50 bits per heavy atom. The van der Waals surface area contributed by atoms with E-state index in [4.69, 9.17) is 16.3 Å². The number of aliphatic hydroxyl groups excluding tert-OH is 1. The highest BCUT2D eigenvalue weighted by atomic mass is 35.5. The number of anilines is 1. The molecule has 0 bridgehead atoms. The van der Waals surface area contributed by atoms with Crippen LogP contribution in [0.25, 0.3) is 10.8 Å². The van der Waals surface area contributed by atoms with Crippen molar-refractivity contribution in [2.24, 2.45) is 0 Å². The van der Waals surface area contributed by atoms with E-state index >= 15 is 0 Å². The summed E-state index contributed by atoms with van der Waals surface area (Å²) >= 11 is 6.51. The lowest BCUT2D eigenvalue weighted by Gasteiger charge is -2.42. The Morgan fingerprint density at radius 2 is 1.79 bits per heavy atom. The summed E-state index contributed by atoms with van der Waals surface area (Å²) in [5.74, 6) is 0.671. The van der Waals surface area contributed by atoms with Gasteiger partial charge in [-0.15, -0.1) is 0 Å². The molecule has 0 radical (unpaired) electrons. The largest absolute Gasteiger partial charge is 0.495 e. The number of fused-ring (bicyclic) bond motifs is 1. The second-order valence-electron chi connectivity index (χ2n) is 9.46. The molecule has 5 heteroatoms. The normalized spacial score (nSPS) is 16.6. The number of unbranched alkanes of at least 4 members (excludes halogenated alkanes) is 1. The van der Waals surface area contributed by atoms with E-state index in [2.05, 4.69) is 54.8 Å². The minimum Gasteiger partial charge on any atom is -0.495 e. The monoisotopic (exact) mass is 480 g/mol. The van der Waals surface area contributed by atoms with Crippen molar-refractivity contribution in [2.45, 2.75) is 52.2 Å². The highest BCUT2D eigenvalue weighted by molar-refractivity contribution is 6.37. The summed E-state index contributed by atoms with van der Waals surface area (Å²) in [5, 5.41) is 14.1. The van der Waals surface area contributed by atoms with E-state index in [1.807, 2.05) is 24.3 Å². The lowest BCUT2D eigenvalue weighted by atomic mass is 9.94. The maximum Gasteiger partial charge on any atom is 0.138 e. The molecule has 0 unspecified atom stereocenters. The van der Waals surface area contributed by atoms with Crippen LogP contribution in [-0.4, -0.2) is 49.3 Å². The Kier molecular flexibility index (Phi) is 8.02. The lowest BCUT2D eigenvalue weighted by molar-refractivity contribution is 0.0386. The summed E-state index contributed by atoms with van der Waals surface area (Å²) in [7, 11) is 1.63. The highest BCUT2D eigenvalue weighted by Crippen LogP contribution is 2.35. The van der Waals surface area contributed by atoms with E-state index < -0.39 is 6.10 Å². The van der Waals surface area contributed by atoms with E-state index in [0.717, 1.165) is 61.8 Å². The molecule has 1 saturated heterocycles. The van der Waals surface area contributed by atoms with Crippen LogP contribution >= 0.6 is 11.6 Å². The molecule has 1 aliphatic heterocycles. The first-order chi connectivity index (χ1) is 16.4. The van der Waals surface area contributed by atoms with Crippen LogP contribution in [0.3, 0.4) is 0 Å². The number of aryl methyl sites for hydroxylation is 1. The van der Waals surface area contributed by atoms with Gasteiger partial charge in [-0.1, -0.05) is 61.7 Å². The summed E-state index contributed by atoms with van der Waals surface area (Å²) in [4.78, 5) is 4.99. The second kappa shape index (κ2) is 11.0. The smallest absolute Gasteiger partial charge is 0.138 e. The predicted molar refractivity (Wildman–Crippen MR) is 143 cm³/mol. The maximum atomic E-state index is 11.5. The summed E-state index contributed by atoms with van der Waals surface area (Å²) in [6.45, 7) is 10.5. The Labute approximate surface area is 209 Å². The van der Waals surface area contributed by atoms with Crippen LogP contribution in [0.4, 0.5) is 5.69 Å². The van der Waals surface area contributed by atoms with Crippen LogP contribution in [0.5, 0.6) is 5.75 Å². The fraction of sp³-hybridized carbons (Fsp3) is 0.448. The van der Waals surface area contributed by atoms with Crippen LogP contribution in [0, 0.1) is 13.8 Å². The van der Waals surface area contributed by atoms with Crippen molar-refractivity contribution in [1.82, 2.24) is 4.90 Å². The van der Waals surface area contributed by atoms with Crippen molar-refractivity contribution in [3.8, 4) is 5.75 Å². The number of hydrogen-bond donors (Lipinski definition) is 1. The van der Waals surface area contributed by atoms with Crippen molar-refractivity contribution in [3.05, 3.63) is 70.2 Å². The first-order valence-corrected chi connectivity index (χ1v) is 12.8. The molecule has 1 fully saturated rings. The fourth-order valence-electron chi connectivity index (χ4n) is 5.18. The molecule has 0 aromatic heterocycles. The number of hydrogen-bond acceptors (Lipinski definition) is 4. The zero-order valence-corrected chi connectivity index (χ0v) is 21.6. The van der Waals surface area contributed by atoms with Crippen LogP contribution in [0.1, 0.15) is 49.0 Å². The van der Waals surface area contributed by atoms with Gasteiger partial charge in [0.05, 0.1) is 18.2 Å². The zero-order valence-electron chi connectivity index (χ0n) is 20.9. The SMILES string of the molecule is CCCC[C@H]([C@@H](O)c1ccc2c(Cl)c(OC)ccc2c1)N1CCN(c2cccc(C)c2C)CC1. The molecule has 1 N–H and O–H groups in total. The Bertz CT molecular complexity index is 1120. The molecular formula is C29H37ClN2O2. The molecule has 2 atom stereocenters. The molecule has 182 valence electrons. The Hall–Kier alpha value is -2.27. The van der Waals surface area contributed by atoms with E-state index in [0.29, 0.717) is 10.8 Å². The van der Waals surface area contributed by atoms with E-state index in [-0.39, 0.29) is 6.04 Å². The number of nitrogens with zero attached hydrogens (tertiary/aromatic N) is 2. The zero-order chi connectivity index (χ0) is 24.2. The van der Waals surface area contributed by atoms with Gasteiger partial charge in [-0.25, -0.2) is 0 Å². The van der Waals surface area contributed by atoms with Crippen molar-refractivity contribution in [1.29, 1.82) is 0 Å².